The lowest BCUT2D eigenvalue weighted by Crippen LogP contribution is -2.24. The Kier molecular flexibility index (Phi) is 7.23. The summed E-state index contributed by atoms with van der Waals surface area (Å²) in [4.78, 5) is 24.1. The second-order valence-corrected chi connectivity index (χ2v) is 6.00. The molecule has 2 rings (SSSR count). The third kappa shape index (κ3) is 6.43. The summed E-state index contributed by atoms with van der Waals surface area (Å²) in [5.74, 6) is -0.403. The van der Waals surface area contributed by atoms with Crippen LogP contribution < -0.4 is 10.6 Å². The summed E-state index contributed by atoms with van der Waals surface area (Å²) in [5, 5.41) is 6.26. The van der Waals surface area contributed by atoms with Crippen molar-refractivity contribution >= 4 is 35.2 Å². The Morgan fingerprint density at radius 3 is 2.60 bits per heavy atom. The maximum absolute atomic E-state index is 12.0. The fraction of sp³-hybridized carbons (Fsp3) is 0.200. The molecule has 0 heterocycles. The highest BCUT2D eigenvalue weighted by atomic mass is 35.5. The van der Waals surface area contributed by atoms with Gasteiger partial charge in [0.05, 0.1) is 0 Å². The molecule has 25 heavy (non-hydrogen) atoms. The number of benzene rings is 2. The number of hydrogen-bond donors (Lipinski definition) is 2. The average Bonchev–Trinajstić information content (AvgIpc) is 2.61. The second kappa shape index (κ2) is 9.64. The topological polar surface area (TPSA) is 58.2 Å². The first-order valence-electron chi connectivity index (χ1n) is 8.21. The first-order valence-corrected chi connectivity index (χ1v) is 8.59. The predicted molar refractivity (Wildman–Crippen MR) is 103 cm³/mol. The van der Waals surface area contributed by atoms with E-state index in [1.165, 1.54) is 6.08 Å². The quantitative estimate of drug-likeness (QED) is 0.566. The molecule has 0 unspecified atom stereocenters. The fourth-order valence-electron chi connectivity index (χ4n) is 2.15. The molecule has 0 bridgehead atoms. The molecule has 0 aromatic heterocycles. The SMILES string of the molecule is CCCCNC(=O)c1cccc(NC(=O)/C=C/c2ccc(Cl)cc2)c1. The highest BCUT2D eigenvalue weighted by Gasteiger charge is 2.06. The van der Waals surface area contributed by atoms with E-state index < -0.39 is 0 Å². The molecular weight excluding hydrogens is 336 g/mol. The van der Waals surface area contributed by atoms with E-state index in [-0.39, 0.29) is 11.8 Å². The van der Waals surface area contributed by atoms with Gasteiger partial charge < -0.3 is 10.6 Å². The third-order valence-electron chi connectivity index (χ3n) is 3.51. The van der Waals surface area contributed by atoms with Gasteiger partial charge >= 0.3 is 0 Å². The predicted octanol–water partition coefficient (Wildman–Crippen LogP) is 4.52. The number of unbranched alkanes of at least 4 members (excludes halogenated alkanes) is 1. The van der Waals surface area contributed by atoms with Crippen LogP contribution >= 0.6 is 11.6 Å². The number of halogens is 1. The zero-order valence-corrected chi connectivity index (χ0v) is 14.8. The molecule has 0 radical (unpaired) electrons. The van der Waals surface area contributed by atoms with Gasteiger partial charge in [-0.05, 0) is 48.4 Å². The van der Waals surface area contributed by atoms with Gasteiger partial charge in [0.15, 0.2) is 0 Å². The Labute approximate surface area is 152 Å². The highest BCUT2D eigenvalue weighted by molar-refractivity contribution is 6.30. The van der Waals surface area contributed by atoms with E-state index in [1.807, 2.05) is 12.1 Å². The summed E-state index contributed by atoms with van der Waals surface area (Å²) in [5.41, 5.74) is 1.98. The second-order valence-electron chi connectivity index (χ2n) is 5.56. The van der Waals surface area contributed by atoms with Crippen LogP contribution in [0.5, 0.6) is 0 Å². The molecule has 0 spiro atoms. The van der Waals surface area contributed by atoms with E-state index in [2.05, 4.69) is 17.6 Å². The maximum Gasteiger partial charge on any atom is 0.251 e. The van der Waals surface area contributed by atoms with Crippen molar-refractivity contribution in [1.82, 2.24) is 5.32 Å². The van der Waals surface area contributed by atoms with Gasteiger partial charge in [-0.25, -0.2) is 0 Å². The molecular formula is C20H21ClN2O2. The largest absolute Gasteiger partial charge is 0.352 e. The molecule has 2 amide bonds. The van der Waals surface area contributed by atoms with Crippen LogP contribution in [0.2, 0.25) is 5.02 Å². The lowest BCUT2D eigenvalue weighted by molar-refractivity contribution is -0.111. The molecule has 130 valence electrons. The van der Waals surface area contributed by atoms with E-state index in [9.17, 15) is 9.59 Å². The molecule has 0 aliphatic rings. The van der Waals surface area contributed by atoms with E-state index in [1.54, 1.807) is 42.5 Å². The van der Waals surface area contributed by atoms with Gasteiger partial charge in [0, 0.05) is 28.9 Å². The Morgan fingerprint density at radius 1 is 1.12 bits per heavy atom. The van der Waals surface area contributed by atoms with Crippen LogP contribution in [0.1, 0.15) is 35.7 Å². The molecule has 2 N–H and O–H groups in total. The zero-order chi connectivity index (χ0) is 18.1. The van der Waals surface area contributed by atoms with E-state index in [0.29, 0.717) is 22.8 Å². The first-order chi connectivity index (χ1) is 12.1. The van der Waals surface area contributed by atoms with E-state index in [0.717, 1.165) is 18.4 Å². The summed E-state index contributed by atoms with van der Waals surface area (Å²) in [6.45, 7) is 2.72. The average molecular weight is 357 g/mol. The van der Waals surface area contributed by atoms with Gasteiger partial charge in [-0.3, -0.25) is 9.59 Å². The molecule has 0 aliphatic heterocycles. The highest BCUT2D eigenvalue weighted by Crippen LogP contribution is 2.12. The minimum absolute atomic E-state index is 0.138. The standard InChI is InChI=1S/C20H21ClN2O2/c1-2-3-13-22-20(25)16-5-4-6-18(14-16)23-19(24)12-9-15-7-10-17(21)11-8-15/h4-12,14H,2-3,13H2,1H3,(H,22,25)(H,23,24)/b12-9+. The summed E-state index contributed by atoms with van der Waals surface area (Å²) < 4.78 is 0. The van der Waals surface area contributed by atoms with Gasteiger partial charge in [-0.2, -0.15) is 0 Å². The lowest BCUT2D eigenvalue weighted by Gasteiger charge is -2.07. The molecule has 4 nitrogen and oxygen atoms in total. The minimum atomic E-state index is -0.265. The number of anilines is 1. The summed E-state index contributed by atoms with van der Waals surface area (Å²) in [6.07, 6.45) is 5.11. The van der Waals surface area contributed by atoms with Crippen molar-refractivity contribution in [1.29, 1.82) is 0 Å². The van der Waals surface area contributed by atoms with Crippen molar-refractivity contribution in [2.24, 2.45) is 0 Å². The molecule has 0 aliphatic carbocycles. The molecule has 0 fully saturated rings. The van der Waals surface area contributed by atoms with Crippen LogP contribution in [0.3, 0.4) is 0 Å². The van der Waals surface area contributed by atoms with Crippen LogP contribution in [-0.2, 0) is 4.79 Å². The van der Waals surface area contributed by atoms with Crippen LogP contribution in [0.4, 0.5) is 5.69 Å². The molecule has 2 aromatic rings. The third-order valence-corrected chi connectivity index (χ3v) is 3.76. The van der Waals surface area contributed by atoms with Crippen LogP contribution in [0.25, 0.3) is 6.08 Å². The van der Waals surface area contributed by atoms with Crippen molar-refractivity contribution in [2.45, 2.75) is 19.8 Å². The lowest BCUT2D eigenvalue weighted by atomic mass is 10.1. The molecule has 2 aromatic carbocycles. The number of rotatable bonds is 7. The Balaban J connectivity index is 1.95. The normalized spacial score (nSPS) is 10.6. The van der Waals surface area contributed by atoms with Gasteiger partial charge in [0.2, 0.25) is 5.91 Å². The van der Waals surface area contributed by atoms with E-state index >= 15 is 0 Å². The number of amides is 2. The Morgan fingerprint density at radius 2 is 1.88 bits per heavy atom. The monoisotopic (exact) mass is 356 g/mol. The van der Waals surface area contributed by atoms with Crippen molar-refractivity contribution in [3.63, 3.8) is 0 Å². The van der Waals surface area contributed by atoms with Gasteiger partial charge in [0.1, 0.15) is 0 Å². The number of carbonyl (C=O) groups is 2. The molecule has 5 heteroatoms. The zero-order valence-electron chi connectivity index (χ0n) is 14.1. The van der Waals surface area contributed by atoms with Gasteiger partial charge in [0.25, 0.3) is 5.91 Å². The Hall–Kier alpha value is -2.59. The first kappa shape index (κ1) is 18.7. The van der Waals surface area contributed by atoms with Crippen molar-refractivity contribution in [3.05, 3.63) is 70.8 Å². The van der Waals surface area contributed by atoms with Crippen LogP contribution in [-0.4, -0.2) is 18.4 Å². The Bertz CT molecular complexity index is 755. The molecule has 0 saturated heterocycles. The summed E-state index contributed by atoms with van der Waals surface area (Å²) in [6, 6.07) is 14.1. The van der Waals surface area contributed by atoms with Crippen molar-refractivity contribution in [3.8, 4) is 0 Å². The minimum Gasteiger partial charge on any atom is -0.352 e. The molecule has 0 atom stereocenters. The van der Waals surface area contributed by atoms with Crippen molar-refractivity contribution < 1.29 is 9.59 Å². The molecule has 0 saturated carbocycles. The number of hydrogen-bond acceptors (Lipinski definition) is 2. The van der Waals surface area contributed by atoms with Gasteiger partial charge in [-0.15, -0.1) is 0 Å². The number of carbonyl (C=O) groups excluding carboxylic acids is 2. The maximum atomic E-state index is 12.0. The smallest absolute Gasteiger partial charge is 0.251 e. The van der Waals surface area contributed by atoms with E-state index in [4.69, 9.17) is 11.6 Å². The number of nitrogens with one attached hydrogen (secondary N) is 2. The van der Waals surface area contributed by atoms with Crippen molar-refractivity contribution in [2.75, 3.05) is 11.9 Å². The van der Waals surface area contributed by atoms with Crippen LogP contribution in [0.15, 0.2) is 54.6 Å². The summed E-state index contributed by atoms with van der Waals surface area (Å²) in [7, 11) is 0. The summed E-state index contributed by atoms with van der Waals surface area (Å²) >= 11 is 5.83. The van der Waals surface area contributed by atoms with Crippen LogP contribution in [0, 0.1) is 0 Å². The fourth-order valence-corrected chi connectivity index (χ4v) is 2.27. The van der Waals surface area contributed by atoms with Gasteiger partial charge in [-0.1, -0.05) is 43.1 Å².